The summed E-state index contributed by atoms with van der Waals surface area (Å²) in [6, 6.07) is 10.3. The second-order valence-corrected chi connectivity index (χ2v) is 17.9. The van der Waals surface area contributed by atoms with E-state index in [1.54, 1.807) is 6.20 Å². The number of fused-ring (bicyclic) bond motifs is 2. The van der Waals surface area contributed by atoms with Gasteiger partial charge in [-0.15, -0.1) is 0 Å². The number of nitrogens with zero attached hydrogens (tertiary/aromatic N) is 5. The summed E-state index contributed by atoms with van der Waals surface area (Å²) >= 11 is 0. The number of anilines is 3. The molecule has 0 fully saturated rings. The summed E-state index contributed by atoms with van der Waals surface area (Å²) in [6.07, 6.45) is 1.73. The third-order valence-corrected chi connectivity index (χ3v) is 12.8. The summed E-state index contributed by atoms with van der Waals surface area (Å²) in [5.74, 6) is 1.12. The van der Waals surface area contributed by atoms with Crippen molar-refractivity contribution in [3.05, 3.63) is 47.3 Å². The van der Waals surface area contributed by atoms with Crippen molar-refractivity contribution in [2.45, 2.75) is 83.8 Å². The molecule has 0 amide bonds. The second kappa shape index (κ2) is 9.43. The topological polar surface area (TPSA) is 110 Å². The van der Waals surface area contributed by atoms with E-state index in [9.17, 15) is 5.26 Å². The van der Waals surface area contributed by atoms with Gasteiger partial charge in [-0.1, -0.05) is 27.7 Å². The SMILES string of the molecule is CC1(C)Cn2nc(Nc3nccc(-c4cc(C#N)c5c(c4)C(C)(CO[Si](C)(C)C(C)(C)C)CN5)n3)cc2CO1. The minimum Gasteiger partial charge on any atom is -0.416 e. The zero-order valence-electron chi connectivity index (χ0n) is 24.3. The average Bonchev–Trinajstić information content (AvgIpc) is 3.41. The standard InChI is InChI=1S/C29H39N7O2Si/c1-27(2,3)39(7,8)38-18-29(6)16-32-25-20(14-30)11-19(12-22(25)29)23-9-10-31-26(33-23)34-24-13-21-15-37-28(4,5)17-36(21)35-24/h9-13,32H,15-18H2,1-8H3,(H,31,33,34,35). The quantitative estimate of drug-likeness (QED) is 0.365. The molecule has 2 N–H and O–H groups in total. The fourth-order valence-corrected chi connectivity index (χ4v) is 5.86. The Hall–Kier alpha value is -3.26. The zero-order valence-corrected chi connectivity index (χ0v) is 25.3. The largest absolute Gasteiger partial charge is 0.416 e. The Kier molecular flexibility index (Phi) is 6.61. The molecule has 9 nitrogen and oxygen atoms in total. The van der Waals surface area contributed by atoms with E-state index in [0.717, 1.165) is 34.7 Å². The number of hydrogen-bond donors (Lipinski definition) is 2. The highest BCUT2D eigenvalue weighted by Crippen LogP contribution is 2.44. The zero-order chi connectivity index (χ0) is 28.2. The Morgan fingerprint density at radius 2 is 2.00 bits per heavy atom. The molecule has 5 rings (SSSR count). The molecule has 3 aromatic rings. The molecule has 10 heteroatoms. The molecule has 0 saturated carbocycles. The van der Waals surface area contributed by atoms with E-state index in [0.29, 0.717) is 37.1 Å². The van der Waals surface area contributed by atoms with E-state index >= 15 is 0 Å². The van der Waals surface area contributed by atoms with Crippen molar-refractivity contribution >= 4 is 25.8 Å². The summed E-state index contributed by atoms with van der Waals surface area (Å²) in [6.45, 7) is 20.1. The van der Waals surface area contributed by atoms with E-state index in [1.807, 2.05) is 22.9 Å². The molecule has 0 spiro atoms. The van der Waals surface area contributed by atoms with Crippen LogP contribution in [0.3, 0.4) is 0 Å². The Bertz CT molecular complexity index is 1450. The fourth-order valence-electron chi connectivity index (χ4n) is 4.75. The van der Waals surface area contributed by atoms with Gasteiger partial charge in [0.15, 0.2) is 14.1 Å². The first kappa shape index (κ1) is 27.3. The number of benzene rings is 1. The van der Waals surface area contributed by atoms with Gasteiger partial charge in [0.2, 0.25) is 5.95 Å². The van der Waals surface area contributed by atoms with E-state index in [-0.39, 0.29) is 16.1 Å². The lowest BCUT2D eigenvalue weighted by Gasteiger charge is -2.39. The molecule has 1 atom stereocenters. The Morgan fingerprint density at radius 3 is 2.72 bits per heavy atom. The normalized spacial score (nSPS) is 20.1. The van der Waals surface area contributed by atoms with Gasteiger partial charge < -0.3 is 19.8 Å². The predicted molar refractivity (Wildman–Crippen MR) is 156 cm³/mol. The highest BCUT2D eigenvalue weighted by molar-refractivity contribution is 6.74. The smallest absolute Gasteiger partial charge is 0.228 e. The van der Waals surface area contributed by atoms with Gasteiger partial charge in [-0.05, 0) is 55.7 Å². The lowest BCUT2D eigenvalue weighted by atomic mass is 9.83. The highest BCUT2D eigenvalue weighted by atomic mass is 28.4. The molecule has 39 heavy (non-hydrogen) atoms. The van der Waals surface area contributed by atoms with Gasteiger partial charge in [-0.25, -0.2) is 9.97 Å². The van der Waals surface area contributed by atoms with Crippen molar-refractivity contribution in [1.82, 2.24) is 19.7 Å². The van der Waals surface area contributed by atoms with Crippen LogP contribution in [0.4, 0.5) is 17.5 Å². The predicted octanol–water partition coefficient (Wildman–Crippen LogP) is 5.97. The van der Waals surface area contributed by atoms with Crippen LogP contribution in [-0.4, -0.2) is 46.8 Å². The summed E-state index contributed by atoms with van der Waals surface area (Å²) < 4.78 is 14.5. The van der Waals surface area contributed by atoms with Gasteiger partial charge in [0.1, 0.15) is 6.07 Å². The van der Waals surface area contributed by atoms with E-state index in [2.05, 4.69) is 87.5 Å². The molecule has 206 valence electrons. The van der Waals surface area contributed by atoms with Crippen LogP contribution in [0.25, 0.3) is 11.3 Å². The summed E-state index contributed by atoms with van der Waals surface area (Å²) in [4.78, 5) is 9.20. The minimum absolute atomic E-state index is 0.125. The number of aromatic nitrogens is 4. The first-order chi connectivity index (χ1) is 18.2. The average molecular weight is 546 g/mol. The molecular formula is C29H39N7O2Si. The van der Waals surface area contributed by atoms with Crippen LogP contribution < -0.4 is 10.6 Å². The molecule has 2 aliphatic heterocycles. The van der Waals surface area contributed by atoms with Gasteiger partial charge >= 0.3 is 0 Å². The number of ether oxygens (including phenoxy) is 1. The van der Waals surface area contributed by atoms with E-state index in [4.69, 9.17) is 14.1 Å². The lowest BCUT2D eigenvalue weighted by Crippen LogP contribution is -2.45. The first-order valence-corrected chi connectivity index (χ1v) is 16.4. The Balaban J connectivity index is 1.42. The van der Waals surface area contributed by atoms with E-state index in [1.165, 1.54) is 0 Å². The molecule has 4 heterocycles. The summed E-state index contributed by atoms with van der Waals surface area (Å²) in [7, 11) is -1.93. The van der Waals surface area contributed by atoms with Crippen molar-refractivity contribution in [3.8, 4) is 17.3 Å². The number of hydrogen-bond acceptors (Lipinski definition) is 8. The third-order valence-electron chi connectivity index (χ3n) is 8.32. The molecule has 2 aromatic heterocycles. The molecule has 0 aliphatic carbocycles. The maximum atomic E-state index is 10.00. The Labute approximate surface area is 232 Å². The third kappa shape index (κ3) is 5.31. The molecule has 1 aromatic carbocycles. The maximum absolute atomic E-state index is 10.00. The van der Waals surface area contributed by atoms with Crippen molar-refractivity contribution in [3.63, 3.8) is 0 Å². The molecular weight excluding hydrogens is 506 g/mol. The van der Waals surface area contributed by atoms with Crippen LogP contribution in [-0.2, 0) is 27.7 Å². The van der Waals surface area contributed by atoms with Gasteiger partial charge in [0.25, 0.3) is 0 Å². The first-order valence-electron chi connectivity index (χ1n) is 13.5. The number of nitriles is 1. The van der Waals surface area contributed by atoms with Crippen LogP contribution in [0.15, 0.2) is 30.5 Å². The lowest BCUT2D eigenvalue weighted by molar-refractivity contribution is -0.0660. The maximum Gasteiger partial charge on any atom is 0.228 e. The summed E-state index contributed by atoms with van der Waals surface area (Å²) in [5, 5.41) is 21.5. The van der Waals surface area contributed by atoms with Crippen LogP contribution in [0.2, 0.25) is 18.1 Å². The van der Waals surface area contributed by atoms with Gasteiger partial charge in [-0.2, -0.15) is 10.4 Å². The van der Waals surface area contributed by atoms with Crippen molar-refractivity contribution in [2.24, 2.45) is 0 Å². The summed E-state index contributed by atoms with van der Waals surface area (Å²) in [5.41, 5.74) is 4.70. The van der Waals surface area contributed by atoms with Gasteiger partial charge in [0, 0.05) is 36.4 Å². The molecule has 0 saturated heterocycles. The monoisotopic (exact) mass is 545 g/mol. The second-order valence-electron chi connectivity index (χ2n) is 13.1. The molecule has 0 bridgehead atoms. The van der Waals surface area contributed by atoms with Crippen LogP contribution >= 0.6 is 0 Å². The highest BCUT2D eigenvalue weighted by Gasteiger charge is 2.42. The van der Waals surface area contributed by atoms with Gasteiger partial charge in [-0.3, -0.25) is 4.68 Å². The molecule has 0 radical (unpaired) electrons. The van der Waals surface area contributed by atoms with Crippen molar-refractivity contribution in [2.75, 3.05) is 23.8 Å². The number of nitrogens with one attached hydrogen (secondary N) is 2. The van der Waals surface area contributed by atoms with Gasteiger partial charge in [0.05, 0.1) is 41.4 Å². The Morgan fingerprint density at radius 1 is 1.23 bits per heavy atom. The van der Waals surface area contributed by atoms with Crippen LogP contribution in [0, 0.1) is 11.3 Å². The number of rotatable bonds is 6. The van der Waals surface area contributed by atoms with E-state index < -0.39 is 8.32 Å². The van der Waals surface area contributed by atoms with Crippen molar-refractivity contribution < 1.29 is 9.16 Å². The molecule has 2 aliphatic rings. The van der Waals surface area contributed by atoms with Crippen LogP contribution in [0.5, 0.6) is 0 Å². The van der Waals surface area contributed by atoms with Crippen molar-refractivity contribution in [1.29, 1.82) is 5.26 Å². The van der Waals surface area contributed by atoms with Crippen LogP contribution in [0.1, 0.15) is 58.4 Å². The minimum atomic E-state index is -1.93. The fraction of sp³-hybridized carbons (Fsp3) is 0.517. The molecule has 1 unspecified atom stereocenters.